The van der Waals surface area contributed by atoms with Gasteiger partial charge in [0, 0.05) is 0 Å². The van der Waals surface area contributed by atoms with Gasteiger partial charge in [0.05, 0.1) is 11.3 Å². The molecule has 0 aliphatic rings. The van der Waals surface area contributed by atoms with Crippen LogP contribution in [0.3, 0.4) is 0 Å². The van der Waals surface area contributed by atoms with Gasteiger partial charge in [0.1, 0.15) is 25.6 Å². The molecule has 1 aromatic carbocycles. The Morgan fingerprint density at radius 1 is 1.13 bits per heavy atom. The van der Waals surface area contributed by atoms with E-state index in [4.69, 9.17) is 4.74 Å². The van der Waals surface area contributed by atoms with Crippen molar-refractivity contribution in [1.82, 2.24) is 0 Å². The molecule has 0 aliphatic heterocycles. The van der Waals surface area contributed by atoms with Gasteiger partial charge in [0.25, 0.3) is 0 Å². The van der Waals surface area contributed by atoms with Crippen LogP contribution in [0, 0.1) is 5.41 Å². The first-order valence-electron chi connectivity index (χ1n) is 7.36. The number of rotatable bonds is 7. The van der Waals surface area contributed by atoms with Crippen molar-refractivity contribution in [3.05, 3.63) is 42.0 Å². The van der Waals surface area contributed by atoms with Crippen molar-refractivity contribution in [2.75, 3.05) is 20.0 Å². The first kappa shape index (κ1) is 19.3. The number of carbonyl (C=O) groups is 1. The zero-order chi connectivity index (χ0) is 17.7. The summed E-state index contributed by atoms with van der Waals surface area (Å²) in [5.74, 6) is -2.20. The third-order valence-corrected chi connectivity index (χ3v) is 3.56. The summed E-state index contributed by atoms with van der Waals surface area (Å²) in [6.45, 7) is 4.65. The van der Waals surface area contributed by atoms with Gasteiger partial charge in [-0.25, -0.2) is 0 Å². The van der Waals surface area contributed by atoms with Crippen LogP contribution in [0.4, 0.5) is 13.2 Å². The fourth-order valence-electron chi connectivity index (χ4n) is 2.26. The Labute approximate surface area is 135 Å². The first-order chi connectivity index (χ1) is 10.7. The second kappa shape index (κ2) is 7.66. The molecule has 1 rings (SSSR count). The summed E-state index contributed by atoms with van der Waals surface area (Å²) in [5, 5.41) is 0. The van der Waals surface area contributed by atoms with Crippen molar-refractivity contribution in [2.24, 2.45) is 5.41 Å². The molecule has 0 saturated carbocycles. The second-order valence-corrected chi connectivity index (χ2v) is 6.60. The van der Waals surface area contributed by atoms with E-state index in [1.54, 1.807) is 51.1 Å². The maximum absolute atomic E-state index is 13.5. The minimum Gasteiger partial charge on any atom is -0.459 e. The van der Waals surface area contributed by atoms with Gasteiger partial charge in [0.2, 0.25) is 0 Å². The van der Waals surface area contributed by atoms with Crippen molar-refractivity contribution in [1.29, 1.82) is 0 Å². The van der Waals surface area contributed by atoms with E-state index in [9.17, 15) is 18.0 Å². The molecule has 0 aliphatic carbocycles. The van der Waals surface area contributed by atoms with Crippen LogP contribution < -0.4 is 0 Å². The maximum Gasteiger partial charge on any atom is 0.314 e. The van der Waals surface area contributed by atoms with Crippen molar-refractivity contribution >= 4 is 12.0 Å². The first-order valence-corrected chi connectivity index (χ1v) is 7.36. The zero-order valence-corrected chi connectivity index (χ0v) is 13.7. The molecule has 0 saturated heterocycles. The summed E-state index contributed by atoms with van der Waals surface area (Å²) in [6.07, 6.45) is 1.60. The molecule has 0 aromatic heterocycles. The highest BCUT2D eigenvalue weighted by Gasteiger charge is 2.47. The molecule has 0 radical (unpaired) electrons. The molecule has 0 bridgehead atoms. The van der Waals surface area contributed by atoms with Gasteiger partial charge in [-0.3, -0.25) is 18.0 Å². The van der Waals surface area contributed by atoms with Crippen molar-refractivity contribution in [2.45, 2.75) is 32.3 Å². The monoisotopic (exact) mass is 328 g/mol. The maximum atomic E-state index is 13.5. The van der Waals surface area contributed by atoms with Crippen LogP contribution in [-0.4, -0.2) is 31.6 Å². The number of alkyl halides is 3. The lowest BCUT2D eigenvalue weighted by molar-refractivity contribution is -0.162. The summed E-state index contributed by atoms with van der Waals surface area (Å²) in [4.78, 5) is 12.5. The molecule has 23 heavy (non-hydrogen) atoms. The molecule has 0 spiro atoms. The molecule has 0 heterocycles. The Bertz CT molecular complexity index is 520. The van der Waals surface area contributed by atoms with Crippen LogP contribution in [0.25, 0.3) is 6.08 Å². The number of hydrogen-bond donors (Lipinski definition) is 0. The Morgan fingerprint density at radius 2 is 1.61 bits per heavy atom. The molecule has 0 fully saturated rings. The van der Waals surface area contributed by atoms with Gasteiger partial charge >= 0.3 is 5.97 Å². The van der Waals surface area contributed by atoms with Crippen LogP contribution in [0.1, 0.15) is 37.8 Å². The Kier molecular flexibility index (Phi) is 6.42. The molecular formula is C18H23F3O2. The SMILES string of the molecule is C=Cc1ccc(C(C(=O)OC(C)(C)C)C(CF)(CF)CF)cc1. The van der Waals surface area contributed by atoms with Crippen LogP contribution in [-0.2, 0) is 9.53 Å². The van der Waals surface area contributed by atoms with Gasteiger partial charge in [0.15, 0.2) is 0 Å². The predicted octanol–water partition coefficient (Wildman–Crippen LogP) is 4.65. The molecule has 128 valence electrons. The Hall–Kier alpha value is -1.78. The highest BCUT2D eigenvalue weighted by Crippen LogP contribution is 2.40. The average molecular weight is 328 g/mol. The number of benzene rings is 1. The molecule has 1 aromatic rings. The smallest absolute Gasteiger partial charge is 0.314 e. The fraction of sp³-hybridized carbons (Fsp3) is 0.500. The highest BCUT2D eigenvalue weighted by atomic mass is 19.1. The highest BCUT2D eigenvalue weighted by molar-refractivity contribution is 5.80. The van der Waals surface area contributed by atoms with E-state index < -0.39 is 42.9 Å². The van der Waals surface area contributed by atoms with E-state index >= 15 is 0 Å². The van der Waals surface area contributed by atoms with Gasteiger partial charge in [-0.2, -0.15) is 0 Å². The minimum absolute atomic E-state index is 0.317. The predicted molar refractivity (Wildman–Crippen MR) is 85.5 cm³/mol. The van der Waals surface area contributed by atoms with Crippen LogP contribution >= 0.6 is 0 Å². The third kappa shape index (κ3) is 4.60. The van der Waals surface area contributed by atoms with Gasteiger partial charge in [-0.1, -0.05) is 36.9 Å². The van der Waals surface area contributed by atoms with Crippen LogP contribution in [0.15, 0.2) is 30.8 Å². The van der Waals surface area contributed by atoms with E-state index in [1.807, 2.05) is 0 Å². The van der Waals surface area contributed by atoms with E-state index in [2.05, 4.69) is 6.58 Å². The zero-order valence-electron chi connectivity index (χ0n) is 13.7. The molecule has 5 heteroatoms. The van der Waals surface area contributed by atoms with E-state index in [-0.39, 0.29) is 0 Å². The molecule has 0 amide bonds. The summed E-state index contributed by atoms with van der Waals surface area (Å²) >= 11 is 0. The number of hydrogen-bond acceptors (Lipinski definition) is 2. The summed E-state index contributed by atoms with van der Waals surface area (Å²) in [7, 11) is 0. The van der Waals surface area contributed by atoms with Crippen LogP contribution in [0.2, 0.25) is 0 Å². The molecule has 0 N–H and O–H groups in total. The van der Waals surface area contributed by atoms with Gasteiger partial charge < -0.3 is 4.74 Å². The average Bonchev–Trinajstić information content (AvgIpc) is 2.51. The second-order valence-electron chi connectivity index (χ2n) is 6.60. The summed E-state index contributed by atoms with van der Waals surface area (Å²) in [6, 6.07) is 6.39. The standard InChI is InChI=1S/C18H23F3O2/c1-5-13-6-8-14(9-7-13)15(16(22)23-17(2,3)4)18(10-19,11-20)12-21/h5-9,15H,1,10-12H2,2-4H3. The lowest BCUT2D eigenvalue weighted by Gasteiger charge is -2.34. The quantitative estimate of drug-likeness (QED) is 0.681. The lowest BCUT2D eigenvalue weighted by atomic mass is 9.74. The van der Waals surface area contributed by atoms with E-state index in [1.165, 1.54) is 0 Å². The van der Waals surface area contributed by atoms with E-state index in [0.29, 0.717) is 5.56 Å². The van der Waals surface area contributed by atoms with Gasteiger partial charge in [-0.15, -0.1) is 0 Å². The van der Waals surface area contributed by atoms with E-state index in [0.717, 1.165) is 5.56 Å². The van der Waals surface area contributed by atoms with Crippen molar-refractivity contribution < 1.29 is 22.7 Å². The Morgan fingerprint density at radius 3 is 1.96 bits per heavy atom. The lowest BCUT2D eigenvalue weighted by Crippen LogP contribution is -2.42. The molecule has 1 atom stereocenters. The van der Waals surface area contributed by atoms with Crippen LogP contribution in [0.5, 0.6) is 0 Å². The fourth-order valence-corrected chi connectivity index (χ4v) is 2.26. The van der Waals surface area contributed by atoms with Crippen molar-refractivity contribution in [3.8, 4) is 0 Å². The largest absolute Gasteiger partial charge is 0.459 e. The summed E-state index contributed by atoms with van der Waals surface area (Å²) < 4.78 is 45.7. The molecule has 2 nitrogen and oxygen atoms in total. The minimum atomic E-state index is -2.07. The van der Waals surface area contributed by atoms with Gasteiger partial charge in [-0.05, 0) is 31.9 Å². The van der Waals surface area contributed by atoms with Crippen molar-refractivity contribution in [3.63, 3.8) is 0 Å². The number of esters is 1. The number of ether oxygens (including phenoxy) is 1. The number of carbonyl (C=O) groups excluding carboxylic acids is 1. The third-order valence-electron chi connectivity index (χ3n) is 3.56. The summed E-state index contributed by atoms with van der Waals surface area (Å²) in [5.41, 5.74) is -1.82. The normalized spacial score (nSPS) is 13.5. The Balaban J connectivity index is 3.34. The molecule has 1 unspecified atom stereocenters. The topological polar surface area (TPSA) is 26.3 Å². The number of halogens is 3. The molecular weight excluding hydrogens is 305 g/mol.